The molecule has 8 nitrogen and oxygen atoms in total. The summed E-state index contributed by atoms with van der Waals surface area (Å²) >= 11 is 0. The molecule has 9 heteroatoms. The van der Waals surface area contributed by atoms with Gasteiger partial charge in [0.25, 0.3) is 5.91 Å². The molecule has 1 saturated heterocycles. The summed E-state index contributed by atoms with van der Waals surface area (Å²) < 4.78 is 5.10. The molecule has 0 bridgehead atoms. The van der Waals surface area contributed by atoms with Crippen molar-refractivity contribution in [1.82, 2.24) is 4.90 Å². The number of carboxylic acids is 1. The first kappa shape index (κ1) is 24.0. The van der Waals surface area contributed by atoms with E-state index >= 15 is 0 Å². The van der Waals surface area contributed by atoms with Gasteiger partial charge in [-0.15, -0.1) is 0 Å². The number of amides is 2. The van der Waals surface area contributed by atoms with Gasteiger partial charge in [-0.05, 0) is 60.9 Å². The Morgan fingerprint density at radius 2 is 1.88 bits per heavy atom. The molecule has 0 spiro atoms. The summed E-state index contributed by atoms with van der Waals surface area (Å²) in [4.78, 5) is 38.3. The number of benzene rings is 2. The van der Waals surface area contributed by atoms with Crippen molar-refractivity contribution in [2.75, 3.05) is 12.4 Å². The fourth-order valence-electron chi connectivity index (χ4n) is 4.25. The van der Waals surface area contributed by atoms with Crippen molar-refractivity contribution in [3.63, 3.8) is 0 Å². The predicted octanol–water partition coefficient (Wildman–Crippen LogP) is 1.97. The summed E-state index contributed by atoms with van der Waals surface area (Å²) in [6, 6.07) is 13.2. The summed E-state index contributed by atoms with van der Waals surface area (Å²) in [5.74, 6) is -1.88. The average molecular weight is 445 g/mol. The molecule has 3 atom stereocenters. The third-order valence-electron chi connectivity index (χ3n) is 5.75. The summed E-state index contributed by atoms with van der Waals surface area (Å²) in [7, 11) is 1.56. The fourth-order valence-corrected chi connectivity index (χ4v) is 4.25. The number of aliphatic hydroxyl groups is 1. The van der Waals surface area contributed by atoms with Gasteiger partial charge in [0, 0.05) is 40.8 Å². The van der Waals surface area contributed by atoms with E-state index < -0.39 is 18.0 Å². The second-order valence-corrected chi connectivity index (χ2v) is 7.64. The number of carbonyl (C=O) groups excluding carboxylic acids is 2. The zero-order valence-electron chi connectivity index (χ0n) is 18.0. The molecule has 2 aliphatic heterocycles. The van der Waals surface area contributed by atoms with E-state index in [1.54, 1.807) is 55.6 Å². The monoisotopic (exact) mass is 445 g/mol. The van der Waals surface area contributed by atoms with Gasteiger partial charge >= 0.3 is 5.97 Å². The Labute approximate surface area is 207 Å². The van der Waals surface area contributed by atoms with Gasteiger partial charge < -0.3 is 25.2 Å². The molecule has 1 radical (unpaired) electrons. The minimum absolute atomic E-state index is 0. The van der Waals surface area contributed by atoms with Gasteiger partial charge in [0.2, 0.25) is 5.91 Å². The van der Waals surface area contributed by atoms with Crippen LogP contribution in [-0.2, 0) is 9.59 Å². The number of carbonyl (C=O) groups is 3. The Kier molecular flexibility index (Phi) is 7.09. The predicted molar refractivity (Wildman–Crippen MR) is 118 cm³/mol. The first-order chi connectivity index (χ1) is 14.8. The Morgan fingerprint density at radius 3 is 2.47 bits per heavy atom. The van der Waals surface area contributed by atoms with E-state index in [2.05, 4.69) is 5.32 Å². The van der Waals surface area contributed by atoms with Crippen molar-refractivity contribution in [3.8, 4) is 5.75 Å². The Hall–Kier alpha value is -2.65. The van der Waals surface area contributed by atoms with Gasteiger partial charge in [-0.25, -0.2) is 4.79 Å². The number of hydrogen-bond donors (Lipinski definition) is 3. The number of aliphatic carboxylic acids is 1. The van der Waals surface area contributed by atoms with E-state index in [1.807, 2.05) is 0 Å². The molecule has 0 saturated carbocycles. The Morgan fingerprint density at radius 1 is 1.19 bits per heavy atom. The van der Waals surface area contributed by atoms with Gasteiger partial charge in [0.15, 0.2) is 0 Å². The molecule has 2 aliphatic rings. The van der Waals surface area contributed by atoms with Crippen LogP contribution in [0.4, 0.5) is 5.69 Å². The van der Waals surface area contributed by atoms with Gasteiger partial charge in [-0.2, -0.15) is 0 Å². The van der Waals surface area contributed by atoms with Crippen LogP contribution in [0.15, 0.2) is 54.2 Å². The number of β-lactam (4-membered cyclic amide) rings is 1. The molecular weight excluding hydrogens is 423 g/mol. The van der Waals surface area contributed by atoms with Crippen molar-refractivity contribution in [1.29, 1.82) is 0 Å². The standard InChI is InChI=1S/C23H22N2O6.Na/c1-12(26)19-18-11-17(20(23(29)30)25(18)22(19)28)13-4-3-5-14(10-13)21(27)24-15-6-8-16(31-2)9-7-15;/h3-10,12,18-19,26H,11H2,1-2H3,(H,24,27)(H,29,30);/t12-,18-,19-;/m1./s1. The summed E-state index contributed by atoms with van der Waals surface area (Å²) in [6.07, 6.45) is -0.545. The van der Waals surface area contributed by atoms with Crippen LogP contribution < -0.4 is 10.1 Å². The van der Waals surface area contributed by atoms with Crippen molar-refractivity contribution in [3.05, 3.63) is 65.4 Å². The van der Waals surface area contributed by atoms with Crippen LogP contribution in [0.5, 0.6) is 5.75 Å². The zero-order chi connectivity index (χ0) is 22.3. The number of ether oxygens (including phenoxy) is 1. The molecule has 32 heavy (non-hydrogen) atoms. The molecule has 3 N–H and O–H groups in total. The van der Waals surface area contributed by atoms with Gasteiger partial charge in [0.1, 0.15) is 11.4 Å². The normalized spacial score (nSPS) is 20.1. The van der Waals surface area contributed by atoms with Crippen molar-refractivity contribution < 1.29 is 29.3 Å². The first-order valence-electron chi connectivity index (χ1n) is 9.85. The number of fused-ring (bicyclic) bond motifs is 1. The van der Waals surface area contributed by atoms with Crippen LogP contribution in [0.25, 0.3) is 5.57 Å². The number of nitrogens with one attached hydrogen (secondary N) is 1. The van der Waals surface area contributed by atoms with Crippen molar-refractivity contribution in [2.24, 2.45) is 5.92 Å². The van der Waals surface area contributed by atoms with Gasteiger partial charge in [-0.1, -0.05) is 12.1 Å². The fraction of sp³-hybridized carbons (Fsp3) is 0.261. The number of nitrogens with zero attached hydrogens (tertiary/aromatic N) is 1. The average Bonchev–Trinajstić information content (AvgIpc) is 3.09. The number of hydrogen-bond acceptors (Lipinski definition) is 5. The van der Waals surface area contributed by atoms with Crippen LogP contribution in [-0.4, -0.2) is 81.7 Å². The maximum atomic E-state index is 12.7. The van der Waals surface area contributed by atoms with Crippen LogP contribution in [0.3, 0.4) is 0 Å². The first-order valence-corrected chi connectivity index (χ1v) is 9.85. The van der Waals surface area contributed by atoms with Crippen molar-refractivity contribution >= 4 is 58.6 Å². The third kappa shape index (κ3) is 4.19. The van der Waals surface area contributed by atoms with Crippen molar-refractivity contribution in [2.45, 2.75) is 25.5 Å². The van der Waals surface area contributed by atoms with E-state index in [4.69, 9.17) is 4.74 Å². The molecule has 0 aliphatic carbocycles. The maximum absolute atomic E-state index is 12.7. The summed E-state index contributed by atoms with van der Waals surface area (Å²) in [5.41, 5.74) is 1.91. The SMILES string of the molecule is COc1ccc(NC(=O)c2cccc(C3=C(C(=O)O)N4C(=O)[C@H]([C@@H](C)O)[C@H]4C3)c2)cc1.[Na]. The number of aliphatic hydroxyl groups excluding tert-OH is 1. The van der Waals surface area contributed by atoms with Crippen LogP contribution in [0.2, 0.25) is 0 Å². The van der Waals surface area contributed by atoms with Gasteiger partial charge in [0.05, 0.1) is 25.2 Å². The molecule has 2 heterocycles. The quantitative estimate of drug-likeness (QED) is 0.463. The number of carboxylic acid groups (broad SMARTS) is 1. The molecule has 2 aromatic carbocycles. The molecule has 0 aromatic heterocycles. The minimum Gasteiger partial charge on any atom is -0.497 e. The number of methoxy groups -OCH3 is 1. The smallest absolute Gasteiger partial charge is 0.352 e. The molecule has 161 valence electrons. The van der Waals surface area contributed by atoms with Gasteiger partial charge in [-0.3, -0.25) is 9.59 Å². The molecule has 2 aromatic rings. The molecule has 1 fully saturated rings. The summed E-state index contributed by atoms with van der Waals surface area (Å²) in [6.45, 7) is 1.53. The summed E-state index contributed by atoms with van der Waals surface area (Å²) in [5, 5.41) is 22.4. The van der Waals surface area contributed by atoms with E-state index in [-0.39, 0.29) is 53.1 Å². The molecule has 4 rings (SSSR count). The van der Waals surface area contributed by atoms with E-state index in [0.717, 1.165) is 0 Å². The van der Waals surface area contributed by atoms with E-state index in [1.165, 1.54) is 11.8 Å². The zero-order valence-corrected chi connectivity index (χ0v) is 20.0. The van der Waals surface area contributed by atoms with Crippen LogP contribution in [0, 0.1) is 5.92 Å². The number of rotatable bonds is 6. The van der Waals surface area contributed by atoms with E-state index in [0.29, 0.717) is 34.6 Å². The van der Waals surface area contributed by atoms with Crippen LogP contribution in [0.1, 0.15) is 29.3 Å². The second-order valence-electron chi connectivity index (χ2n) is 7.64. The Bertz CT molecular complexity index is 1100. The largest absolute Gasteiger partial charge is 0.497 e. The third-order valence-corrected chi connectivity index (χ3v) is 5.75. The van der Waals surface area contributed by atoms with Crippen LogP contribution >= 0.6 is 0 Å². The molecule has 2 amide bonds. The maximum Gasteiger partial charge on any atom is 0.352 e. The molecule has 0 unspecified atom stereocenters. The van der Waals surface area contributed by atoms with E-state index in [9.17, 15) is 24.6 Å². The second kappa shape index (κ2) is 9.46. The Balaban J connectivity index is 0.00000289. The number of anilines is 1. The molecular formula is C23H22N2NaO6. The minimum atomic E-state index is -1.21. The topological polar surface area (TPSA) is 116 Å².